The van der Waals surface area contributed by atoms with E-state index in [1.54, 1.807) is 35.1 Å². The van der Waals surface area contributed by atoms with Gasteiger partial charge in [0.2, 0.25) is 5.91 Å². The molecule has 0 saturated heterocycles. The molecular formula is C20H19ClN4O. The fourth-order valence-electron chi connectivity index (χ4n) is 2.57. The fraction of sp³-hybridized carbons (Fsp3) is 0.150. The molecule has 0 atom stereocenters. The number of nitrogens with zero attached hydrogens (tertiary/aromatic N) is 4. The van der Waals surface area contributed by atoms with Crippen molar-refractivity contribution in [2.45, 2.75) is 13.5 Å². The molecule has 3 rings (SSSR count). The van der Waals surface area contributed by atoms with Gasteiger partial charge < -0.3 is 4.90 Å². The Morgan fingerprint density at radius 1 is 1.23 bits per heavy atom. The number of benzene rings is 1. The van der Waals surface area contributed by atoms with Crippen LogP contribution < -0.4 is 0 Å². The molecule has 3 aromatic rings. The summed E-state index contributed by atoms with van der Waals surface area (Å²) in [5.74, 6) is -0.114. The van der Waals surface area contributed by atoms with Crippen LogP contribution in [0.15, 0.2) is 60.9 Å². The summed E-state index contributed by atoms with van der Waals surface area (Å²) in [4.78, 5) is 18.1. The summed E-state index contributed by atoms with van der Waals surface area (Å²) in [6.07, 6.45) is 6.69. The van der Waals surface area contributed by atoms with Crippen molar-refractivity contribution in [2.75, 3.05) is 7.05 Å². The van der Waals surface area contributed by atoms with Gasteiger partial charge in [0, 0.05) is 37.6 Å². The average Bonchev–Trinajstić information content (AvgIpc) is 2.95. The molecule has 1 aromatic carbocycles. The number of halogens is 1. The molecule has 5 nitrogen and oxygen atoms in total. The van der Waals surface area contributed by atoms with Crippen LogP contribution in [0.25, 0.3) is 11.8 Å². The predicted molar refractivity (Wildman–Crippen MR) is 103 cm³/mol. The van der Waals surface area contributed by atoms with Crippen molar-refractivity contribution in [1.29, 1.82) is 0 Å². The van der Waals surface area contributed by atoms with Gasteiger partial charge in [-0.2, -0.15) is 5.10 Å². The maximum absolute atomic E-state index is 12.4. The zero-order chi connectivity index (χ0) is 18.5. The summed E-state index contributed by atoms with van der Waals surface area (Å²) in [6, 6.07) is 13.4. The zero-order valence-electron chi connectivity index (χ0n) is 14.6. The molecule has 1 amide bonds. The van der Waals surface area contributed by atoms with Crippen LogP contribution >= 0.6 is 11.6 Å². The van der Waals surface area contributed by atoms with Gasteiger partial charge in [0.25, 0.3) is 0 Å². The summed E-state index contributed by atoms with van der Waals surface area (Å²) < 4.78 is 1.67. The summed E-state index contributed by atoms with van der Waals surface area (Å²) >= 11 is 6.47. The third-order valence-corrected chi connectivity index (χ3v) is 4.32. The molecule has 2 heterocycles. The van der Waals surface area contributed by atoms with Crippen molar-refractivity contribution in [2.24, 2.45) is 0 Å². The van der Waals surface area contributed by atoms with Crippen molar-refractivity contribution in [3.63, 3.8) is 0 Å². The van der Waals surface area contributed by atoms with Crippen LogP contribution in [0.5, 0.6) is 0 Å². The Labute approximate surface area is 157 Å². The van der Waals surface area contributed by atoms with Crippen LogP contribution in [0.3, 0.4) is 0 Å². The number of pyridine rings is 1. The number of para-hydroxylation sites is 1. The highest BCUT2D eigenvalue weighted by atomic mass is 35.5. The van der Waals surface area contributed by atoms with Gasteiger partial charge in [0.15, 0.2) is 0 Å². The van der Waals surface area contributed by atoms with Gasteiger partial charge in [-0.3, -0.25) is 9.78 Å². The maximum atomic E-state index is 12.4. The van der Waals surface area contributed by atoms with Gasteiger partial charge in [-0.15, -0.1) is 0 Å². The van der Waals surface area contributed by atoms with Gasteiger partial charge in [-0.25, -0.2) is 4.68 Å². The Kier molecular flexibility index (Phi) is 5.49. The van der Waals surface area contributed by atoms with Gasteiger partial charge in [0.1, 0.15) is 5.15 Å². The van der Waals surface area contributed by atoms with Crippen molar-refractivity contribution < 1.29 is 4.79 Å². The van der Waals surface area contributed by atoms with Crippen molar-refractivity contribution >= 4 is 23.6 Å². The first-order valence-electron chi connectivity index (χ1n) is 8.19. The third-order valence-electron chi connectivity index (χ3n) is 3.96. The third kappa shape index (κ3) is 4.00. The molecule has 0 fully saturated rings. The second-order valence-electron chi connectivity index (χ2n) is 5.93. The van der Waals surface area contributed by atoms with E-state index in [2.05, 4.69) is 10.1 Å². The second-order valence-corrected chi connectivity index (χ2v) is 6.28. The Bertz CT molecular complexity index is 920. The topological polar surface area (TPSA) is 51.0 Å². The Morgan fingerprint density at radius 2 is 2.00 bits per heavy atom. The monoisotopic (exact) mass is 366 g/mol. The molecule has 0 spiro atoms. The lowest BCUT2D eigenvalue weighted by molar-refractivity contribution is -0.125. The standard InChI is InChI=1S/C20H19ClN4O/c1-15-18(20(21)25(23-15)17-8-4-3-5-9-17)10-11-19(26)24(2)14-16-7-6-12-22-13-16/h3-13H,14H2,1-2H3/b11-10+. The Morgan fingerprint density at radius 3 is 2.69 bits per heavy atom. The number of rotatable bonds is 5. The van der Waals surface area contributed by atoms with Crippen LogP contribution in [0.2, 0.25) is 5.15 Å². The van der Waals surface area contributed by atoms with E-state index in [0.717, 1.165) is 22.5 Å². The fourth-order valence-corrected chi connectivity index (χ4v) is 2.90. The molecule has 0 aliphatic heterocycles. The molecule has 0 N–H and O–H groups in total. The highest BCUT2D eigenvalue weighted by molar-refractivity contribution is 6.31. The van der Waals surface area contributed by atoms with Gasteiger partial charge >= 0.3 is 0 Å². The van der Waals surface area contributed by atoms with E-state index in [4.69, 9.17) is 11.6 Å². The molecule has 2 aromatic heterocycles. The quantitative estimate of drug-likeness (QED) is 0.643. The minimum Gasteiger partial charge on any atom is -0.338 e. The lowest BCUT2D eigenvalue weighted by Gasteiger charge is -2.14. The van der Waals surface area contributed by atoms with Gasteiger partial charge in [-0.1, -0.05) is 35.9 Å². The highest BCUT2D eigenvalue weighted by Crippen LogP contribution is 2.24. The molecular weight excluding hydrogens is 348 g/mol. The van der Waals surface area contributed by atoms with Gasteiger partial charge in [0.05, 0.1) is 11.4 Å². The molecule has 0 aliphatic carbocycles. The molecule has 0 bridgehead atoms. The van der Waals surface area contributed by atoms with E-state index in [1.165, 1.54) is 6.08 Å². The summed E-state index contributed by atoms with van der Waals surface area (Å²) in [7, 11) is 1.75. The smallest absolute Gasteiger partial charge is 0.246 e. The van der Waals surface area contributed by atoms with Crippen molar-refractivity contribution in [1.82, 2.24) is 19.7 Å². The van der Waals surface area contributed by atoms with Crippen LogP contribution in [0, 0.1) is 6.92 Å². The summed E-state index contributed by atoms with van der Waals surface area (Å²) in [5, 5.41) is 4.95. The molecule has 132 valence electrons. The zero-order valence-corrected chi connectivity index (χ0v) is 15.4. The minimum absolute atomic E-state index is 0.114. The largest absolute Gasteiger partial charge is 0.338 e. The first kappa shape index (κ1) is 17.9. The Balaban J connectivity index is 1.76. The molecule has 0 saturated carbocycles. The summed E-state index contributed by atoms with van der Waals surface area (Å²) in [5.41, 5.74) is 3.35. The molecule has 0 unspecified atom stereocenters. The van der Waals surface area contributed by atoms with Crippen LogP contribution in [0.1, 0.15) is 16.8 Å². The summed E-state index contributed by atoms with van der Waals surface area (Å²) in [6.45, 7) is 2.36. The van der Waals surface area contributed by atoms with E-state index in [1.807, 2.05) is 49.4 Å². The number of aryl methyl sites for hydroxylation is 1. The number of amides is 1. The first-order chi connectivity index (χ1) is 12.6. The van der Waals surface area contributed by atoms with Crippen LogP contribution in [-0.2, 0) is 11.3 Å². The average molecular weight is 367 g/mol. The van der Waals surface area contributed by atoms with E-state index < -0.39 is 0 Å². The molecule has 0 radical (unpaired) electrons. The maximum Gasteiger partial charge on any atom is 0.246 e. The van der Waals surface area contributed by atoms with E-state index >= 15 is 0 Å². The second kappa shape index (κ2) is 7.97. The number of hydrogen-bond donors (Lipinski definition) is 0. The van der Waals surface area contributed by atoms with Crippen molar-refractivity contribution in [3.8, 4) is 5.69 Å². The normalized spacial score (nSPS) is 11.0. The molecule has 6 heteroatoms. The number of carbonyl (C=O) groups is 1. The molecule has 0 aliphatic rings. The number of likely N-dealkylation sites (N-methyl/N-ethyl adjacent to an activating group) is 1. The van der Waals surface area contributed by atoms with Crippen molar-refractivity contribution in [3.05, 3.63) is 82.9 Å². The predicted octanol–water partition coefficient (Wildman–Crippen LogP) is 3.90. The van der Waals surface area contributed by atoms with E-state index in [9.17, 15) is 4.79 Å². The minimum atomic E-state index is -0.114. The SMILES string of the molecule is Cc1nn(-c2ccccc2)c(Cl)c1/C=C/C(=O)N(C)Cc1cccnc1. The highest BCUT2D eigenvalue weighted by Gasteiger charge is 2.13. The lowest BCUT2D eigenvalue weighted by atomic mass is 10.2. The van der Waals surface area contributed by atoms with E-state index in [0.29, 0.717) is 11.7 Å². The molecule has 26 heavy (non-hydrogen) atoms. The van der Waals surface area contributed by atoms with Gasteiger partial charge in [-0.05, 0) is 36.8 Å². The lowest BCUT2D eigenvalue weighted by Crippen LogP contribution is -2.24. The Hall–Kier alpha value is -2.92. The first-order valence-corrected chi connectivity index (χ1v) is 8.56. The number of hydrogen-bond acceptors (Lipinski definition) is 3. The number of aromatic nitrogens is 3. The van der Waals surface area contributed by atoms with Crippen LogP contribution in [-0.4, -0.2) is 32.6 Å². The van der Waals surface area contributed by atoms with E-state index in [-0.39, 0.29) is 5.91 Å². The number of carbonyl (C=O) groups excluding carboxylic acids is 1. The van der Waals surface area contributed by atoms with Crippen LogP contribution in [0.4, 0.5) is 0 Å².